The van der Waals surface area contributed by atoms with E-state index in [0.717, 1.165) is 0 Å². The molecule has 0 aliphatic rings. The van der Waals surface area contributed by atoms with Crippen molar-refractivity contribution in [3.63, 3.8) is 0 Å². The molecule has 1 rings (SSSR count). The third-order valence-electron chi connectivity index (χ3n) is 1.69. The molecule has 0 aromatic carbocycles. The van der Waals surface area contributed by atoms with Gasteiger partial charge < -0.3 is 0 Å². The molecule has 47 valence electrons. The summed E-state index contributed by atoms with van der Waals surface area (Å²) in [7, 11) is 0. The molecule has 0 unspecified atom stereocenters. The monoisotopic (exact) mass is 245 g/mol. The van der Waals surface area contributed by atoms with Crippen molar-refractivity contribution in [1.29, 1.82) is 0 Å². The third kappa shape index (κ3) is 1.32. The fourth-order valence-electron chi connectivity index (χ4n) is 0.741. The Balaban J connectivity index is 3.29. The van der Waals surface area contributed by atoms with Gasteiger partial charge in [0.05, 0.1) is 0 Å². The summed E-state index contributed by atoms with van der Waals surface area (Å²) >= 11 is 3.49. The van der Waals surface area contributed by atoms with Crippen molar-refractivity contribution >= 4 is 36.8 Å². The SMILES string of the molecule is Cc1s[c]([Sn])c(C)c1C. The minimum atomic E-state index is 1.49. The zero-order valence-electron chi connectivity index (χ0n) is 5.91. The molecule has 0 fully saturated rings. The van der Waals surface area contributed by atoms with Crippen molar-refractivity contribution in [2.45, 2.75) is 20.8 Å². The number of hydrogen-bond donors (Lipinski definition) is 0. The molecule has 2 heteroatoms. The van der Waals surface area contributed by atoms with Crippen LogP contribution in [0.3, 0.4) is 0 Å². The third-order valence-corrected chi connectivity index (χ3v) is 4.75. The van der Waals surface area contributed by atoms with Gasteiger partial charge in [-0.05, 0) is 0 Å². The molecule has 0 nitrogen and oxygen atoms in total. The summed E-state index contributed by atoms with van der Waals surface area (Å²) in [6.45, 7) is 6.61. The molecule has 9 heavy (non-hydrogen) atoms. The van der Waals surface area contributed by atoms with E-state index in [2.05, 4.69) is 20.8 Å². The van der Waals surface area contributed by atoms with Crippen molar-refractivity contribution in [3.8, 4) is 0 Å². The van der Waals surface area contributed by atoms with E-state index in [9.17, 15) is 0 Å². The molecular formula is C7H9SSn. The van der Waals surface area contributed by atoms with Crippen LogP contribution in [-0.2, 0) is 0 Å². The first-order chi connectivity index (χ1) is 4.13. The van der Waals surface area contributed by atoms with Crippen LogP contribution >= 0.6 is 11.3 Å². The van der Waals surface area contributed by atoms with Crippen LogP contribution in [-0.4, -0.2) is 22.5 Å². The Bertz CT molecular complexity index is 203. The Morgan fingerprint density at radius 1 is 1.11 bits per heavy atom. The number of aryl methyl sites for hydroxylation is 1. The van der Waals surface area contributed by atoms with Crippen molar-refractivity contribution < 1.29 is 0 Å². The number of hydrogen-bond acceptors (Lipinski definition) is 1. The van der Waals surface area contributed by atoms with Crippen molar-refractivity contribution in [1.82, 2.24) is 0 Å². The summed E-state index contributed by atoms with van der Waals surface area (Å²) in [5.41, 5.74) is 3.00. The van der Waals surface area contributed by atoms with Crippen LogP contribution in [0.25, 0.3) is 0 Å². The van der Waals surface area contributed by atoms with Gasteiger partial charge >= 0.3 is 73.5 Å². The van der Waals surface area contributed by atoms with Crippen LogP contribution in [0, 0.1) is 20.8 Å². The summed E-state index contributed by atoms with van der Waals surface area (Å²) in [6, 6.07) is 0. The van der Waals surface area contributed by atoms with Gasteiger partial charge in [-0.25, -0.2) is 0 Å². The predicted molar refractivity (Wildman–Crippen MR) is 43.9 cm³/mol. The quantitative estimate of drug-likeness (QED) is 0.606. The second kappa shape index (κ2) is 2.62. The molecule has 0 spiro atoms. The summed E-state index contributed by atoms with van der Waals surface area (Å²) in [6.07, 6.45) is 0. The van der Waals surface area contributed by atoms with Gasteiger partial charge in [0.15, 0.2) is 0 Å². The standard InChI is InChI=1S/C7H9S.Sn/c1-5-4-8-7(3)6(5)2;/h1-3H3;. The Kier molecular flexibility index (Phi) is 2.22. The summed E-state index contributed by atoms with van der Waals surface area (Å²) in [5.74, 6) is 0. The van der Waals surface area contributed by atoms with E-state index >= 15 is 0 Å². The minimum absolute atomic E-state index is 1.49. The van der Waals surface area contributed by atoms with Crippen LogP contribution in [0.5, 0.6) is 0 Å². The summed E-state index contributed by atoms with van der Waals surface area (Å²) < 4.78 is 1.55. The van der Waals surface area contributed by atoms with Crippen molar-refractivity contribution in [2.75, 3.05) is 0 Å². The molecule has 0 bridgehead atoms. The molecule has 0 saturated carbocycles. The van der Waals surface area contributed by atoms with Crippen LogP contribution < -0.4 is 2.89 Å². The fraction of sp³-hybridized carbons (Fsp3) is 0.429. The average molecular weight is 244 g/mol. The second-order valence-electron chi connectivity index (χ2n) is 2.24. The van der Waals surface area contributed by atoms with Crippen LogP contribution in [0.4, 0.5) is 0 Å². The first-order valence-electron chi connectivity index (χ1n) is 2.91. The van der Waals surface area contributed by atoms with Gasteiger partial charge in [0.2, 0.25) is 0 Å². The maximum atomic E-state index is 2.21. The second-order valence-corrected chi connectivity index (χ2v) is 5.92. The molecule has 0 aliphatic carbocycles. The van der Waals surface area contributed by atoms with Gasteiger partial charge in [-0.3, -0.25) is 0 Å². The van der Waals surface area contributed by atoms with Gasteiger partial charge in [0, 0.05) is 0 Å². The molecule has 0 amide bonds. The Morgan fingerprint density at radius 2 is 1.67 bits per heavy atom. The summed E-state index contributed by atoms with van der Waals surface area (Å²) in [4.78, 5) is 1.49. The molecule has 3 radical (unpaired) electrons. The Hall–Kier alpha value is 0.499. The predicted octanol–water partition coefficient (Wildman–Crippen LogP) is 1.47. The molecule has 1 heterocycles. The number of rotatable bonds is 0. The van der Waals surface area contributed by atoms with Crippen LogP contribution in [0.1, 0.15) is 16.0 Å². The zero-order valence-corrected chi connectivity index (χ0v) is 9.58. The van der Waals surface area contributed by atoms with Crippen LogP contribution in [0.15, 0.2) is 0 Å². The average Bonchev–Trinajstić information content (AvgIpc) is 1.98. The van der Waals surface area contributed by atoms with E-state index in [1.165, 1.54) is 16.0 Å². The Labute approximate surface area is 73.4 Å². The van der Waals surface area contributed by atoms with Gasteiger partial charge in [-0.1, -0.05) is 0 Å². The van der Waals surface area contributed by atoms with Gasteiger partial charge in [0.1, 0.15) is 0 Å². The van der Waals surface area contributed by atoms with Gasteiger partial charge in [0.25, 0.3) is 0 Å². The Morgan fingerprint density at radius 3 is 1.78 bits per heavy atom. The van der Waals surface area contributed by atoms with E-state index < -0.39 is 0 Å². The van der Waals surface area contributed by atoms with Crippen molar-refractivity contribution in [3.05, 3.63) is 16.0 Å². The number of thiophene rings is 1. The topological polar surface area (TPSA) is 0 Å². The van der Waals surface area contributed by atoms with Crippen molar-refractivity contribution in [2.24, 2.45) is 0 Å². The maximum absolute atomic E-state index is 2.21. The first kappa shape index (κ1) is 7.60. The van der Waals surface area contributed by atoms with Gasteiger partial charge in [-0.2, -0.15) is 0 Å². The van der Waals surface area contributed by atoms with Crippen LogP contribution in [0.2, 0.25) is 0 Å². The summed E-state index contributed by atoms with van der Waals surface area (Å²) in [5, 5.41) is 0. The molecule has 0 aliphatic heterocycles. The van der Waals surface area contributed by atoms with Gasteiger partial charge in [-0.15, -0.1) is 0 Å². The van der Waals surface area contributed by atoms with E-state index in [0.29, 0.717) is 0 Å². The molecule has 0 N–H and O–H groups in total. The molecule has 1 aromatic rings. The fourth-order valence-corrected chi connectivity index (χ4v) is 3.51. The van der Waals surface area contributed by atoms with E-state index in [1.807, 2.05) is 11.3 Å². The van der Waals surface area contributed by atoms with E-state index in [4.69, 9.17) is 0 Å². The van der Waals surface area contributed by atoms with E-state index in [-0.39, 0.29) is 0 Å². The normalized spacial score (nSPS) is 10.2. The first-order valence-corrected chi connectivity index (χ1v) is 5.15. The molecular weight excluding hydrogens is 235 g/mol. The van der Waals surface area contributed by atoms with E-state index in [1.54, 1.807) is 25.4 Å². The molecule has 0 saturated heterocycles. The molecule has 1 aromatic heterocycles. The zero-order chi connectivity index (χ0) is 7.02. The molecule has 0 atom stereocenters.